The van der Waals surface area contributed by atoms with Crippen LogP contribution in [0.3, 0.4) is 0 Å². The summed E-state index contributed by atoms with van der Waals surface area (Å²) >= 11 is 2.79. The van der Waals surface area contributed by atoms with Gasteiger partial charge in [-0.15, -0.1) is 22.7 Å². The number of rotatable bonds is 7. The van der Waals surface area contributed by atoms with E-state index < -0.39 is 5.82 Å². The van der Waals surface area contributed by atoms with E-state index >= 15 is 0 Å². The molecule has 0 saturated heterocycles. The number of fused-ring (bicyclic) bond motifs is 1. The second kappa shape index (κ2) is 10.6. The SMILES string of the molecule is CCN(CC)CC#Cc1cc2nccc(Oc3ccc(NC(=O)c4cccs4)cc3F)c2s1. The van der Waals surface area contributed by atoms with Crippen LogP contribution in [0.5, 0.6) is 11.5 Å². The Morgan fingerprint density at radius 1 is 1.18 bits per heavy atom. The Bertz CT molecular complexity index is 1320. The number of pyridine rings is 1. The second-order valence-electron chi connectivity index (χ2n) is 7.08. The number of halogens is 1. The molecular weight excluding hydrogens is 457 g/mol. The Hall–Kier alpha value is -3.25. The van der Waals surface area contributed by atoms with Gasteiger partial charge in [-0.25, -0.2) is 4.39 Å². The summed E-state index contributed by atoms with van der Waals surface area (Å²) in [5, 5.41) is 4.51. The first-order valence-electron chi connectivity index (χ1n) is 10.5. The van der Waals surface area contributed by atoms with Crippen molar-refractivity contribution in [3.63, 3.8) is 0 Å². The highest BCUT2D eigenvalue weighted by molar-refractivity contribution is 7.19. The molecule has 1 aromatic carbocycles. The van der Waals surface area contributed by atoms with Crippen molar-refractivity contribution in [2.75, 3.05) is 25.0 Å². The van der Waals surface area contributed by atoms with Crippen LogP contribution in [0, 0.1) is 17.7 Å². The molecule has 0 radical (unpaired) electrons. The molecule has 0 aliphatic carbocycles. The number of benzene rings is 1. The van der Waals surface area contributed by atoms with Crippen molar-refractivity contribution < 1.29 is 13.9 Å². The molecule has 8 heteroatoms. The zero-order chi connectivity index (χ0) is 23.2. The third kappa shape index (κ3) is 5.57. The maximum Gasteiger partial charge on any atom is 0.265 e. The van der Waals surface area contributed by atoms with E-state index in [4.69, 9.17) is 4.74 Å². The van der Waals surface area contributed by atoms with Gasteiger partial charge in [-0.05, 0) is 42.7 Å². The van der Waals surface area contributed by atoms with Crippen LogP contribution in [0.4, 0.5) is 10.1 Å². The topological polar surface area (TPSA) is 54.5 Å². The number of hydrogen-bond acceptors (Lipinski definition) is 6. The predicted octanol–water partition coefficient (Wildman–Crippen LogP) is 6.23. The van der Waals surface area contributed by atoms with Gasteiger partial charge in [-0.1, -0.05) is 31.8 Å². The normalized spacial score (nSPS) is 10.8. The molecule has 168 valence electrons. The summed E-state index contributed by atoms with van der Waals surface area (Å²) in [4.78, 5) is 20.2. The maximum atomic E-state index is 14.7. The van der Waals surface area contributed by atoms with Crippen LogP contribution in [0.2, 0.25) is 0 Å². The fourth-order valence-electron chi connectivity index (χ4n) is 3.12. The Labute approximate surface area is 199 Å². The summed E-state index contributed by atoms with van der Waals surface area (Å²) in [6.07, 6.45) is 1.63. The number of carbonyl (C=O) groups is 1. The zero-order valence-electron chi connectivity index (χ0n) is 18.2. The fourth-order valence-corrected chi connectivity index (χ4v) is 4.68. The molecule has 33 heavy (non-hydrogen) atoms. The monoisotopic (exact) mass is 479 g/mol. The van der Waals surface area contributed by atoms with Gasteiger partial charge < -0.3 is 10.1 Å². The molecule has 3 heterocycles. The van der Waals surface area contributed by atoms with Crippen LogP contribution in [0.15, 0.2) is 54.0 Å². The fraction of sp³-hybridized carbons (Fsp3) is 0.200. The van der Waals surface area contributed by atoms with E-state index in [-0.39, 0.29) is 11.7 Å². The maximum absolute atomic E-state index is 14.7. The van der Waals surface area contributed by atoms with Crippen molar-refractivity contribution in [1.82, 2.24) is 9.88 Å². The van der Waals surface area contributed by atoms with Gasteiger partial charge >= 0.3 is 0 Å². The van der Waals surface area contributed by atoms with Crippen molar-refractivity contribution in [3.05, 3.63) is 69.6 Å². The third-order valence-electron chi connectivity index (χ3n) is 4.94. The van der Waals surface area contributed by atoms with Crippen molar-refractivity contribution in [1.29, 1.82) is 0 Å². The van der Waals surface area contributed by atoms with Crippen LogP contribution in [0.25, 0.3) is 10.2 Å². The summed E-state index contributed by atoms with van der Waals surface area (Å²) in [5.74, 6) is 6.12. The molecule has 1 amide bonds. The molecule has 0 atom stereocenters. The van der Waals surface area contributed by atoms with Gasteiger partial charge in [0.15, 0.2) is 11.6 Å². The van der Waals surface area contributed by atoms with Crippen LogP contribution in [-0.2, 0) is 0 Å². The van der Waals surface area contributed by atoms with Gasteiger partial charge in [-0.2, -0.15) is 0 Å². The molecule has 4 rings (SSSR count). The van der Waals surface area contributed by atoms with Crippen LogP contribution >= 0.6 is 22.7 Å². The highest BCUT2D eigenvalue weighted by Gasteiger charge is 2.13. The quantitative estimate of drug-likeness (QED) is 0.319. The molecule has 1 N–H and O–H groups in total. The van der Waals surface area contributed by atoms with Gasteiger partial charge in [0.1, 0.15) is 5.75 Å². The van der Waals surface area contributed by atoms with E-state index in [2.05, 4.69) is 40.9 Å². The molecule has 4 aromatic rings. The molecule has 0 unspecified atom stereocenters. The first-order chi connectivity index (χ1) is 16.1. The Kier molecular flexibility index (Phi) is 7.35. The van der Waals surface area contributed by atoms with Gasteiger partial charge in [0, 0.05) is 24.0 Å². The van der Waals surface area contributed by atoms with E-state index in [9.17, 15) is 9.18 Å². The number of carbonyl (C=O) groups excluding carboxylic acids is 1. The molecule has 0 aliphatic rings. The second-order valence-corrected chi connectivity index (χ2v) is 9.08. The largest absolute Gasteiger partial charge is 0.453 e. The molecule has 0 aliphatic heterocycles. The van der Waals surface area contributed by atoms with Gasteiger partial charge in [0.05, 0.1) is 26.5 Å². The van der Waals surface area contributed by atoms with Gasteiger partial charge in [-0.3, -0.25) is 14.7 Å². The number of ether oxygens (including phenoxy) is 1. The van der Waals surface area contributed by atoms with Crippen LogP contribution < -0.4 is 10.1 Å². The molecule has 0 fully saturated rings. The van der Waals surface area contributed by atoms with Crippen molar-refractivity contribution in [3.8, 4) is 23.3 Å². The summed E-state index contributed by atoms with van der Waals surface area (Å²) in [6.45, 7) is 6.85. The number of hydrogen-bond donors (Lipinski definition) is 1. The highest BCUT2D eigenvalue weighted by Crippen LogP contribution is 2.36. The Balaban J connectivity index is 1.51. The minimum atomic E-state index is -0.570. The molecular formula is C25H22FN3O2S2. The van der Waals surface area contributed by atoms with E-state index in [1.54, 1.807) is 30.5 Å². The molecule has 0 saturated carbocycles. The van der Waals surface area contributed by atoms with Crippen LogP contribution in [-0.4, -0.2) is 35.4 Å². The number of nitrogens with one attached hydrogen (secondary N) is 1. The molecule has 3 aromatic heterocycles. The lowest BCUT2D eigenvalue weighted by atomic mass is 10.2. The van der Waals surface area contributed by atoms with Crippen molar-refractivity contribution in [2.24, 2.45) is 0 Å². The smallest absolute Gasteiger partial charge is 0.265 e. The minimum Gasteiger partial charge on any atom is -0.453 e. The molecule has 0 spiro atoms. The zero-order valence-corrected chi connectivity index (χ0v) is 19.9. The standard InChI is InChI=1S/C25H22FN3O2S2/c1-3-29(4-2)13-5-7-18-16-20-24(33-18)22(11-12-27-20)31-21-10-9-17(15-19(21)26)28-25(30)23-8-6-14-32-23/h6,8-12,14-16H,3-4,13H2,1-2H3,(H,28,30). The first kappa shape index (κ1) is 22.9. The van der Waals surface area contributed by atoms with Gasteiger partial charge in [0.25, 0.3) is 5.91 Å². The first-order valence-corrected chi connectivity index (χ1v) is 12.2. The van der Waals surface area contributed by atoms with E-state index in [1.165, 1.54) is 34.8 Å². The predicted molar refractivity (Wildman–Crippen MR) is 133 cm³/mol. The molecule has 5 nitrogen and oxygen atoms in total. The van der Waals surface area contributed by atoms with E-state index in [0.29, 0.717) is 22.9 Å². The number of thiophene rings is 2. The number of amides is 1. The molecule has 0 bridgehead atoms. The Morgan fingerprint density at radius 3 is 2.76 bits per heavy atom. The van der Waals surface area contributed by atoms with E-state index in [0.717, 1.165) is 28.2 Å². The summed E-state index contributed by atoms with van der Waals surface area (Å²) in [5.41, 5.74) is 1.12. The highest BCUT2D eigenvalue weighted by atomic mass is 32.1. The van der Waals surface area contributed by atoms with E-state index in [1.807, 2.05) is 11.4 Å². The van der Waals surface area contributed by atoms with Crippen LogP contribution in [0.1, 0.15) is 28.4 Å². The van der Waals surface area contributed by atoms with Crippen molar-refractivity contribution in [2.45, 2.75) is 13.8 Å². The number of aromatic nitrogens is 1. The Morgan fingerprint density at radius 2 is 2.03 bits per heavy atom. The summed E-state index contributed by atoms with van der Waals surface area (Å²) in [6, 6.07) is 11.5. The minimum absolute atomic E-state index is 0.0687. The number of anilines is 1. The average Bonchev–Trinajstić information content (AvgIpc) is 3.49. The number of nitrogens with zero attached hydrogens (tertiary/aromatic N) is 2. The summed E-state index contributed by atoms with van der Waals surface area (Å²) < 4.78 is 21.4. The third-order valence-corrected chi connectivity index (χ3v) is 6.86. The van der Waals surface area contributed by atoms with Crippen molar-refractivity contribution >= 4 is 44.5 Å². The lowest BCUT2D eigenvalue weighted by molar-refractivity contribution is 0.103. The lowest BCUT2D eigenvalue weighted by Gasteiger charge is -2.12. The van der Waals surface area contributed by atoms with Gasteiger partial charge in [0.2, 0.25) is 0 Å². The lowest BCUT2D eigenvalue weighted by Crippen LogP contribution is -2.22. The average molecular weight is 480 g/mol. The summed E-state index contributed by atoms with van der Waals surface area (Å²) in [7, 11) is 0.